The molecule has 0 atom stereocenters. The average Bonchev–Trinajstić information content (AvgIpc) is 2.31. The predicted molar refractivity (Wildman–Crippen MR) is 60.7 cm³/mol. The van der Waals surface area contributed by atoms with Crippen molar-refractivity contribution < 1.29 is 14.3 Å². The maximum Gasteiger partial charge on any atom is 0.348 e. The maximum absolute atomic E-state index is 10.9. The molecular formula is C12H19NO3. The van der Waals surface area contributed by atoms with E-state index in [0.717, 1.165) is 6.42 Å². The lowest BCUT2D eigenvalue weighted by atomic mass is 10.2. The molecule has 0 rings (SSSR count). The largest absolute Gasteiger partial charge is 0.459 e. The summed E-state index contributed by atoms with van der Waals surface area (Å²) in [5, 5.41) is 8.35. The van der Waals surface area contributed by atoms with Crippen molar-refractivity contribution in [3.63, 3.8) is 0 Å². The molecule has 0 N–H and O–H groups in total. The fourth-order valence-electron chi connectivity index (χ4n) is 1.06. The number of nitrogens with zero attached hydrogens (tertiary/aromatic N) is 1. The van der Waals surface area contributed by atoms with Gasteiger partial charge < -0.3 is 9.47 Å². The van der Waals surface area contributed by atoms with Gasteiger partial charge >= 0.3 is 5.97 Å². The van der Waals surface area contributed by atoms with E-state index in [9.17, 15) is 4.79 Å². The van der Waals surface area contributed by atoms with Crippen molar-refractivity contribution in [3.8, 4) is 6.07 Å². The third kappa shape index (κ3) is 8.01. The van der Waals surface area contributed by atoms with E-state index in [1.165, 1.54) is 19.3 Å². The van der Waals surface area contributed by atoms with Gasteiger partial charge in [-0.2, -0.15) is 5.26 Å². The van der Waals surface area contributed by atoms with Gasteiger partial charge in [0.1, 0.15) is 18.2 Å². The van der Waals surface area contributed by atoms with Crippen molar-refractivity contribution in [3.05, 3.63) is 12.2 Å². The molecule has 0 amide bonds. The maximum atomic E-state index is 10.9. The summed E-state index contributed by atoms with van der Waals surface area (Å²) < 4.78 is 9.99. The van der Waals surface area contributed by atoms with Crippen LogP contribution in [0.1, 0.15) is 32.6 Å². The first-order valence-electron chi connectivity index (χ1n) is 5.56. The van der Waals surface area contributed by atoms with Crippen molar-refractivity contribution in [1.29, 1.82) is 5.26 Å². The lowest BCUT2D eigenvalue weighted by molar-refractivity contribution is -0.140. The molecule has 0 aliphatic carbocycles. The van der Waals surface area contributed by atoms with Gasteiger partial charge in [0.2, 0.25) is 0 Å². The van der Waals surface area contributed by atoms with E-state index in [0.29, 0.717) is 13.2 Å². The lowest BCUT2D eigenvalue weighted by Crippen LogP contribution is -2.11. The van der Waals surface area contributed by atoms with Crippen LogP contribution in [0.15, 0.2) is 12.2 Å². The average molecular weight is 225 g/mol. The highest BCUT2D eigenvalue weighted by Gasteiger charge is 2.06. The third-order valence-corrected chi connectivity index (χ3v) is 1.98. The van der Waals surface area contributed by atoms with E-state index in [-0.39, 0.29) is 12.2 Å². The quantitative estimate of drug-likeness (QED) is 0.261. The van der Waals surface area contributed by atoms with Crippen molar-refractivity contribution in [1.82, 2.24) is 0 Å². The molecule has 0 heterocycles. The molecular weight excluding hydrogens is 206 g/mol. The van der Waals surface area contributed by atoms with Gasteiger partial charge in [-0.1, -0.05) is 32.8 Å². The number of hydrogen-bond donors (Lipinski definition) is 0. The molecule has 90 valence electrons. The second kappa shape index (κ2) is 10.2. The Morgan fingerprint density at radius 1 is 1.25 bits per heavy atom. The normalized spacial score (nSPS) is 9.50. The van der Waals surface area contributed by atoms with Crippen LogP contribution >= 0.6 is 0 Å². The van der Waals surface area contributed by atoms with Gasteiger partial charge in [-0.25, -0.2) is 4.79 Å². The van der Waals surface area contributed by atoms with Gasteiger partial charge in [0.25, 0.3) is 0 Å². The topological polar surface area (TPSA) is 59.3 Å². The summed E-state index contributed by atoms with van der Waals surface area (Å²) in [6, 6.07) is 1.63. The summed E-state index contributed by atoms with van der Waals surface area (Å²) in [6.45, 7) is 6.64. The summed E-state index contributed by atoms with van der Waals surface area (Å²) in [4.78, 5) is 10.9. The number of rotatable bonds is 9. The first-order chi connectivity index (χ1) is 7.72. The van der Waals surface area contributed by atoms with Crippen LogP contribution in [-0.2, 0) is 14.3 Å². The highest BCUT2D eigenvalue weighted by molar-refractivity contribution is 5.91. The van der Waals surface area contributed by atoms with Crippen molar-refractivity contribution >= 4 is 5.97 Å². The Bertz CT molecular complexity index is 255. The van der Waals surface area contributed by atoms with Crippen LogP contribution in [0.5, 0.6) is 0 Å². The van der Waals surface area contributed by atoms with Crippen LogP contribution in [0.3, 0.4) is 0 Å². The number of ether oxygens (including phenoxy) is 2. The fraction of sp³-hybridized carbons (Fsp3) is 0.667. The fourth-order valence-corrected chi connectivity index (χ4v) is 1.06. The zero-order valence-electron chi connectivity index (χ0n) is 9.83. The highest BCUT2D eigenvalue weighted by atomic mass is 16.6. The molecule has 4 heteroatoms. The zero-order chi connectivity index (χ0) is 12.2. The van der Waals surface area contributed by atoms with Gasteiger partial charge in [-0.3, -0.25) is 0 Å². The predicted octanol–water partition coefficient (Wildman–Crippen LogP) is 2.21. The molecule has 4 nitrogen and oxygen atoms in total. The molecule has 0 fully saturated rings. The highest BCUT2D eigenvalue weighted by Crippen LogP contribution is 1.99. The molecule has 0 radical (unpaired) electrons. The Kier molecular flexibility index (Phi) is 9.33. The van der Waals surface area contributed by atoms with Crippen LogP contribution in [-0.4, -0.2) is 25.8 Å². The smallest absolute Gasteiger partial charge is 0.348 e. The lowest BCUT2D eigenvalue weighted by Gasteiger charge is -2.04. The third-order valence-electron chi connectivity index (χ3n) is 1.98. The Hall–Kier alpha value is -1.34. The number of unbranched alkanes of at least 4 members (excludes halogenated alkanes) is 3. The summed E-state index contributed by atoms with van der Waals surface area (Å²) in [5.41, 5.74) is -0.178. The molecule has 0 bridgehead atoms. The Morgan fingerprint density at radius 3 is 2.62 bits per heavy atom. The minimum absolute atomic E-state index is 0.174. The van der Waals surface area contributed by atoms with E-state index in [1.807, 2.05) is 0 Å². The van der Waals surface area contributed by atoms with Crippen LogP contribution in [0.25, 0.3) is 0 Å². The van der Waals surface area contributed by atoms with E-state index in [1.54, 1.807) is 6.07 Å². The van der Waals surface area contributed by atoms with Gasteiger partial charge in [0.05, 0.1) is 6.61 Å². The molecule has 16 heavy (non-hydrogen) atoms. The summed E-state index contributed by atoms with van der Waals surface area (Å²) in [7, 11) is 0. The second-order valence-electron chi connectivity index (χ2n) is 3.40. The van der Waals surface area contributed by atoms with E-state index < -0.39 is 5.97 Å². The number of hydrogen-bond acceptors (Lipinski definition) is 4. The molecule has 0 aromatic rings. The first kappa shape index (κ1) is 14.7. The molecule has 0 spiro atoms. The minimum Gasteiger partial charge on any atom is -0.459 e. The van der Waals surface area contributed by atoms with E-state index >= 15 is 0 Å². The van der Waals surface area contributed by atoms with Gasteiger partial charge in [-0.15, -0.1) is 0 Å². The number of carbonyl (C=O) groups is 1. The monoisotopic (exact) mass is 225 g/mol. The van der Waals surface area contributed by atoms with Gasteiger partial charge in [-0.05, 0) is 6.42 Å². The molecule has 0 saturated heterocycles. The zero-order valence-corrected chi connectivity index (χ0v) is 9.83. The molecule has 0 aliphatic rings. The van der Waals surface area contributed by atoms with Crippen LogP contribution in [0, 0.1) is 11.3 Å². The van der Waals surface area contributed by atoms with Gasteiger partial charge in [0.15, 0.2) is 0 Å². The van der Waals surface area contributed by atoms with E-state index in [2.05, 4.69) is 13.5 Å². The number of carbonyl (C=O) groups excluding carboxylic acids is 1. The minimum atomic E-state index is -0.669. The van der Waals surface area contributed by atoms with Crippen LogP contribution in [0.4, 0.5) is 0 Å². The summed E-state index contributed by atoms with van der Waals surface area (Å²) >= 11 is 0. The summed E-state index contributed by atoms with van der Waals surface area (Å²) in [5.74, 6) is -0.669. The Labute approximate surface area is 96.8 Å². The second-order valence-corrected chi connectivity index (χ2v) is 3.40. The Balaban J connectivity index is 3.25. The molecule has 0 saturated carbocycles. The number of esters is 1. The molecule has 0 aromatic heterocycles. The van der Waals surface area contributed by atoms with Crippen LogP contribution < -0.4 is 0 Å². The standard InChI is InChI=1S/C12H19NO3/c1-3-4-5-6-7-15-8-9-16-12(14)11(2)10-13/h2-9H2,1H3. The van der Waals surface area contributed by atoms with E-state index in [4.69, 9.17) is 14.7 Å². The molecule has 0 aliphatic heterocycles. The van der Waals surface area contributed by atoms with Crippen molar-refractivity contribution in [2.75, 3.05) is 19.8 Å². The Morgan fingerprint density at radius 2 is 2.00 bits per heavy atom. The molecule has 0 unspecified atom stereocenters. The van der Waals surface area contributed by atoms with Gasteiger partial charge in [0, 0.05) is 6.61 Å². The van der Waals surface area contributed by atoms with Crippen LogP contribution in [0.2, 0.25) is 0 Å². The number of nitriles is 1. The first-order valence-corrected chi connectivity index (χ1v) is 5.56. The SMILES string of the molecule is C=C(C#N)C(=O)OCCOCCCCCC. The summed E-state index contributed by atoms with van der Waals surface area (Å²) in [6.07, 6.45) is 4.63. The van der Waals surface area contributed by atoms with Crippen molar-refractivity contribution in [2.24, 2.45) is 0 Å². The van der Waals surface area contributed by atoms with Crippen molar-refractivity contribution in [2.45, 2.75) is 32.6 Å². The molecule has 0 aromatic carbocycles.